The fourth-order valence-corrected chi connectivity index (χ4v) is 3.31. The average molecular weight is 375 g/mol. The van der Waals surface area contributed by atoms with Crippen molar-refractivity contribution in [1.82, 2.24) is 10.0 Å². The fourth-order valence-electron chi connectivity index (χ4n) is 2.23. The van der Waals surface area contributed by atoms with Crippen LogP contribution in [0.3, 0.4) is 0 Å². The molecule has 0 aromatic heterocycles. The van der Waals surface area contributed by atoms with Crippen molar-refractivity contribution < 1.29 is 17.6 Å². The van der Waals surface area contributed by atoms with Gasteiger partial charge in [0, 0.05) is 25.1 Å². The van der Waals surface area contributed by atoms with Crippen LogP contribution in [0.4, 0.5) is 4.39 Å². The van der Waals surface area contributed by atoms with Crippen LogP contribution in [0.2, 0.25) is 0 Å². The standard InChI is InChI=1S/C18H18FN3O3S/c1-13-10-14(6-7-17(13)19)12-21-18(23)15-4-2-5-16(11-15)26(24,25)22-9-3-8-20/h2,4-7,10-11,22H,3,9,12H2,1H3,(H,21,23). The van der Waals surface area contributed by atoms with Crippen molar-refractivity contribution >= 4 is 15.9 Å². The molecule has 136 valence electrons. The summed E-state index contributed by atoms with van der Waals surface area (Å²) in [5, 5.41) is 11.2. The summed E-state index contributed by atoms with van der Waals surface area (Å²) >= 11 is 0. The maximum absolute atomic E-state index is 13.3. The molecule has 0 radical (unpaired) electrons. The number of nitrogens with one attached hydrogen (secondary N) is 2. The van der Waals surface area contributed by atoms with Crippen LogP contribution in [0, 0.1) is 24.1 Å². The highest BCUT2D eigenvalue weighted by atomic mass is 32.2. The van der Waals surface area contributed by atoms with Crippen LogP contribution in [0.25, 0.3) is 0 Å². The van der Waals surface area contributed by atoms with Gasteiger partial charge in [0.25, 0.3) is 5.91 Å². The highest BCUT2D eigenvalue weighted by Crippen LogP contribution is 2.13. The van der Waals surface area contributed by atoms with E-state index in [0.29, 0.717) is 5.56 Å². The number of amides is 1. The normalized spacial score (nSPS) is 11.0. The number of benzene rings is 2. The van der Waals surface area contributed by atoms with Gasteiger partial charge in [-0.05, 0) is 42.3 Å². The topological polar surface area (TPSA) is 99.1 Å². The van der Waals surface area contributed by atoms with Crippen LogP contribution in [-0.4, -0.2) is 20.9 Å². The van der Waals surface area contributed by atoms with Gasteiger partial charge in [-0.2, -0.15) is 5.26 Å². The maximum atomic E-state index is 13.3. The number of hydrogen-bond donors (Lipinski definition) is 2. The number of sulfonamides is 1. The minimum Gasteiger partial charge on any atom is -0.348 e. The number of aryl methyl sites for hydroxylation is 1. The highest BCUT2D eigenvalue weighted by Gasteiger charge is 2.15. The van der Waals surface area contributed by atoms with Crippen molar-refractivity contribution in [3.8, 4) is 6.07 Å². The van der Waals surface area contributed by atoms with Crippen LogP contribution in [-0.2, 0) is 16.6 Å². The Kier molecular flexibility index (Phi) is 6.44. The van der Waals surface area contributed by atoms with E-state index in [2.05, 4.69) is 10.0 Å². The van der Waals surface area contributed by atoms with E-state index in [1.807, 2.05) is 6.07 Å². The molecule has 0 unspecified atom stereocenters. The largest absolute Gasteiger partial charge is 0.348 e. The van der Waals surface area contributed by atoms with Crippen LogP contribution < -0.4 is 10.0 Å². The molecule has 0 saturated carbocycles. The van der Waals surface area contributed by atoms with Gasteiger partial charge in [-0.25, -0.2) is 17.5 Å². The van der Waals surface area contributed by atoms with Crippen LogP contribution in [0.1, 0.15) is 27.9 Å². The van der Waals surface area contributed by atoms with Gasteiger partial charge in [-0.15, -0.1) is 0 Å². The molecular formula is C18H18FN3O3S. The van der Waals surface area contributed by atoms with E-state index in [0.717, 1.165) is 5.56 Å². The average Bonchev–Trinajstić information content (AvgIpc) is 2.62. The molecule has 0 saturated heterocycles. The van der Waals surface area contributed by atoms with E-state index in [-0.39, 0.29) is 35.8 Å². The van der Waals surface area contributed by atoms with Gasteiger partial charge in [0.1, 0.15) is 5.82 Å². The van der Waals surface area contributed by atoms with Gasteiger partial charge in [0.05, 0.1) is 11.0 Å². The molecule has 8 heteroatoms. The van der Waals surface area contributed by atoms with Crippen LogP contribution in [0.15, 0.2) is 47.4 Å². The molecule has 2 aromatic carbocycles. The molecule has 0 atom stereocenters. The summed E-state index contributed by atoms with van der Waals surface area (Å²) in [4.78, 5) is 12.2. The third-order valence-electron chi connectivity index (χ3n) is 3.61. The molecule has 26 heavy (non-hydrogen) atoms. The smallest absolute Gasteiger partial charge is 0.251 e. The van der Waals surface area contributed by atoms with E-state index in [4.69, 9.17) is 5.26 Å². The first-order chi connectivity index (χ1) is 12.3. The van der Waals surface area contributed by atoms with E-state index in [1.165, 1.54) is 30.3 Å². The molecule has 0 bridgehead atoms. The Morgan fingerprint density at radius 2 is 2.00 bits per heavy atom. The zero-order valence-electron chi connectivity index (χ0n) is 14.1. The summed E-state index contributed by atoms with van der Waals surface area (Å²) in [5.41, 5.74) is 1.40. The summed E-state index contributed by atoms with van der Waals surface area (Å²) in [5.74, 6) is -0.761. The predicted octanol–water partition coefficient (Wildman–Crippen LogP) is 2.26. The first-order valence-corrected chi connectivity index (χ1v) is 9.32. The monoisotopic (exact) mass is 375 g/mol. The zero-order chi connectivity index (χ0) is 19.2. The van der Waals surface area contributed by atoms with Crippen molar-refractivity contribution in [3.05, 3.63) is 65.0 Å². The van der Waals surface area contributed by atoms with Crippen LogP contribution in [0.5, 0.6) is 0 Å². The zero-order valence-corrected chi connectivity index (χ0v) is 14.9. The van der Waals surface area contributed by atoms with Crippen molar-refractivity contribution in [2.24, 2.45) is 0 Å². The summed E-state index contributed by atoms with van der Waals surface area (Å²) in [6, 6.07) is 12.0. The number of nitrogens with zero attached hydrogens (tertiary/aromatic N) is 1. The Bertz CT molecular complexity index is 952. The lowest BCUT2D eigenvalue weighted by atomic mass is 10.1. The summed E-state index contributed by atoms with van der Waals surface area (Å²) in [7, 11) is -3.79. The lowest BCUT2D eigenvalue weighted by Crippen LogP contribution is -2.26. The van der Waals surface area contributed by atoms with Gasteiger partial charge < -0.3 is 5.32 Å². The van der Waals surface area contributed by atoms with E-state index in [9.17, 15) is 17.6 Å². The second-order valence-electron chi connectivity index (χ2n) is 5.60. The number of carbonyl (C=O) groups excluding carboxylic acids is 1. The van der Waals surface area contributed by atoms with E-state index < -0.39 is 15.9 Å². The number of nitriles is 1. The Balaban J connectivity index is 2.07. The molecule has 0 fully saturated rings. The molecule has 0 aliphatic carbocycles. The number of hydrogen-bond acceptors (Lipinski definition) is 4. The molecular weight excluding hydrogens is 357 g/mol. The van der Waals surface area contributed by atoms with E-state index in [1.54, 1.807) is 19.1 Å². The lowest BCUT2D eigenvalue weighted by Gasteiger charge is -2.09. The second kappa shape index (κ2) is 8.56. The summed E-state index contributed by atoms with van der Waals surface area (Å²) in [6.07, 6.45) is 0.0521. The Morgan fingerprint density at radius 1 is 1.23 bits per heavy atom. The maximum Gasteiger partial charge on any atom is 0.251 e. The van der Waals surface area contributed by atoms with Crippen LogP contribution >= 0.6 is 0 Å². The minimum atomic E-state index is -3.79. The minimum absolute atomic E-state index is 0.000818. The third kappa shape index (κ3) is 5.12. The van der Waals surface area contributed by atoms with Crippen molar-refractivity contribution in [1.29, 1.82) is 5.26 Å². The Morgan fingerprint density at radius 3 is 2.69 bits per heavy atom. The SMILES string of the molecule is Cc1cc(CNC(=O)c2cccc(S(=O)(=O)NCCC#N)c2)ccc1F. The molecule has 2 N–H and O–H groups in total. The highest BCUT2D eigenvalue weighted by molar-refractivity contribution is 7.89. The quantitative estimate of drug-likeness (QED) is 0.725. The molecule has 1 amide bonds. The van der Waals surface area contributed by atoms with E-state index >= 15 is 0 Å². The lowest BCUT2D eigenvalue weighted by molar-refractivity contribution is 0.0950. The molecule has 2 rings (SSSR count). The number of carbonyl (C=O) groups is 1. The van der Waals surface area contributed by atoms with Crippen molar-refractivity contribution in [3.63, 3.8) is 0 Å². The fraction of sp³-hybridized carbons (Fsp3) is 0.222. The number of rotatable bonds is 7. The van der Waals surface area contributed by atoms with Gasteiger partial charge in [0.15, 0.2) is 0 Å². The molecule has 0 heterocycles. The summed E-state index contributed by atoms with van der Waals surface area (Å²) < 4.78 is 39.8. The second-order valence-corrected chi connectivity index (χ2v) is 7.37. The van der Waals surface area contributed by atoms with Crippen molar-refractivity contribution in [2.45, 2.75) is 24.8 Å². The van der Waals surface area contributed by atoms with Gasteiger partial charge in [-0.3, -0.25) is 4.79 Å². The summed E-state index contributed by atoms with van der Waals surface area (Å²) in [6.45, 7) is 1.82. The molecule has 0 aliphatic heterocycles. The van der Waals surface area contributed by atoms with Gasteiger partial charge in [0.2, 0.25) is 10.0 Å². The van der Waals surface area contributed by atoms with Gasteiger partial charge >= 0.3 is 0 Å². The molecule has 6 nitrogen and oxygen atoms in total. The Hall–Kier alpha value is -2.76. The molecule has 0 spiro atoms. The Labute approximate surface area is 151 Å². The number of halogens is 1. The first-order valence-electron chi connectivity index (χ1n) is 7.83. The molecule has 2 aromatic rings. The van der Waals surface area contributed by atoms with Crippen molar-refractivity contribution in [2.75, 3.05) is 6.54 Å². The molecule has 0 aliphatic rings. The van der Waals surface area contributed by atoms with Gasteiger partial charge in [-0.1, -0.05) is 18.2 Å². The predicted molar refractivity (Wildman–Crippen MR) is 94.2 cm³/mol. The third-order valence-corrected chi connectivity index (χ3v) is 5.07. The first kappa shape index (κ1) is 19.6.